The van der Waals surface area contributed by atoms with Gasteiger partial charge in [-0.15, -0.1) is 0 Å². The largest absolute Gasteiger partial charge is 0.506 e. The van der Waals surface area contributed by atoms with Crippen molar-refractivity contribution >= 4 is 69.1 Å². The molecule has 0 radical (unpaired) electrons. The number of carbonyl (C=O) groups is 1. The summed E-state index contributed by atoms with van der Waals surface area (Å²) in [5.74, 6) is -1.07. The second-order valence-corrected chi connectivity index (χ2v) is 9.74. The van der Waals surface area contributed by atoms with Crippen molar-refractivity contribution in [3.8, 4) is 17.2 Å². The average Bonchev–Trinajstić information content (AvgIpc) is 2.90. The lowest BCUT2D eigenvalue weighted by molar-refractivity contribution is -0.118. The Labute approximate surface area is 235 Å². The minimum atomic E-state index is -1.35. The van der Waals surface area contributed by atoms with Gasteiger partial charge in [0.15, 0.2) is 18.5 Å². The molecule has 4 rings (SSSR count). The summed E-state index contributed by atoms with van der Waals surface area (Å²) in [6, 6.07) is 5.87. The molecule has 0 spiro atoms. The molecule has 1 saturated heterocycles. The molecular weight excluding hydrogens is 610 g/mol. The van der Waals surface area contributed by atoms with Crippen molar-refractivity contribution in [3.63, 3.8) is 0 Å². The van der Waals surface area contributed by atoms with E-state index in [0.29, 0.717) is 30.8 Å². The van der Waals surface area contributed by atoms with E-state index in [2.05, 4.69) is 41.8 Å². The van der Waals surface area contributed by atoms with Gasteiger partial charge in [-0.25, -0.2) is 19.8 Å². The van der Waals surface area contributed by atoms with E-state index in [0.717, 1.165) is 6.21 Å². The Morgan fingerprint density at radius 2 is 2.05 bits per heavy atom. The number of aromatic hydroxyl groups is 2. The molecule has 38 heavy (non-hydrogen) atoms. The highest BCUT2D eigenvalue weighted by molar-refractivity contribution is 9.10. The first-order valence-corrected chi connectivity index (χ1v) is 12.8. The Morgan fingerprint density at radius 1 is 1.29 bits per heavy atom. The monoisotopic (exact) mass is 630 g/mol. The summed E-state index contributed by atoms with van der Waals surface area (Å²) in [7, 11) is 0. The van der Waals surface area contributed by atoms with Crippen LogP contribution in [0.3, 0.4) is 0 Å². The van der Waals surface area contributed by atoms with Crippen LogP contribution < -0.4 is 15.5 Å². The first kappa shape index (κ1) is 28.0. The van der Waals surface area contributed by atoms with Gasteiger partial charge in [0, 0.05) is 29.3 Å². The SMILES string of the molecule is O=C(COc1ccc(/C=N\NC2=NC(N3CCOCC3)C(F)C=N2)c(O)c1Cl)Nc1cc(Br)cc(Cl)c1O. The number of nitrogens with one attached hydrogen (secondary N) is 2. The molecule has 11 nitrogen and oxygen atoms in total. The van der Waals surface area contributed by atoms with Gasteiger partial charge in [-0.3, -0.25) is 9.69 Å². The van der Waals surface area contributed by atoms with Crippen LogP contribution in [-0.4, -0.2) is 84.7 Å². The third-order valence-electron chi connectivity index (χ3n) is 5.44. The smallest absolute Gasteiger partial charge is 0.262 e. The Hall–Kier alpha value is -2.97. The number of anilines is 1. The predicted octanol–water partition coefficient (Wildman–Crippen LogP) is 3.54. The van der Waals surface area contributed by atoms with E-state index in [4.69, 9.17) is 32.7 Å². The van der Waals surface area contributed by atoms with Crippen LogP contribution in [0.1, 0.15) is 5.56 Å². The quantitative estimate of drug-likeness (QED) is 0.208. The Bertz CT molecular complexity index is 1290. The highest BCUT2D eigenvalue weighted by atomic mass is 79.9. The van der Waals surface area contributed by atoms with Gasteiger partial charge in [-0.1, -0.05) is 39.1 Å². The number of amides is 1. The molecule has 15 heteroatoms. The van der Waals surface area contributed by atoms with E-state index in [9.17, 15) is 19.4 Å². The third-order valence-corrected chi connectivity index (χ3v) is 6.55. The van der Waals surface area contributed by atoms with Crippen molar-refractivity contribution in [2.75, 3.05) is 38.2 Å². The van der Waals surface area contributed by atoms with E-state index in [1.807, 2.05) is 4.90 Å². The molecule has 2 unspecified atom stereocenters. The van der Waals surface area contributed by atoms with Crippen LogP contribution in [0, 0.1) is 0 Å². The van der Waals surface area contributed by atoms with Crippen LogP contribution in [0.4, 0.5) is 10.1 Å². The fraction of sp³-hybridized carbons (Fsp3) is 0.304. The summed E-state index contributed by atoms with van der Waals surface area (Å²) in [4.78, 5) is 22.3. The number of benzene rings is 2. The molecule has 4 N–H and O–H groups in total. The summed E-state index contributed by atoms with van der Waals surface area (Å²) in [5, 5.41) is 26.8. The van der Waals surface area contributed by atoms with Crippen LogP contribution in [-0.2, 0) is 9.53 Å². The number of nitrogens with zero attached hydrogens (tertiary/aromatic N) is 4. The standard InChI is InChI=1S/C23H22BrCl2FN6O5/c24-13-7-14(25)21(36)16(8-13)30-18(34)11-38-17-2-1-12(20(35)19(17)26)9-29-32-23-28-10-15(27)22(31-23)33-3-5-37-6-4-33/h1-2,7-10,15,22,35-36H,3-6,11H2,(H,30,34)(H,31,32)/b29-9-. The summed E-state index contributed by atoms with van der Waals surface area (Å²) in [5.41, 5.74) is 2.95. The highest BCUT2D eigenvalue weighted by Crippen LogP contribution is 2.36. The topological polar surface area (TPSA) is 140 Å². The maximum Gasteiger partial charge on any atom is 0.262 e. The van der Waals surface area contributed by atoms with Crippen molar-refractivity contribution in [2.45, 2.75) is 12.3 Å². The van der Waals surface area contributed by atoms with Crippen molar-refractivity contribution in [1.29, 1.82) is 0 Å². The fourth-order valence-corrected chi connectivity index (χ4v) is 4.59. The molecule has 2 aromatic carbocycles. The normalized spacial score (nSPS) is 19.8. The maximum atomic E-state index is 14.3. The van der Waals surface area contributed by atoms with Crippen molar-refractivity contribution in [1.82, 2.24) is 10.3 Å². The average molecular weight is 632 g/mol. The molecule has 0 aliphatic carbocycles. The molecule has 2 atom stereocenters. The summed E-state index contributed by atoms with van der Waals surface area (Å²) in [6.07, 6.45) is 0.364. The Morgan fingerprint density at radius 3 is 2.82 bits per heavy atom. The van der Waals surface area contributed by atoms with Gasteiger partial charge in [-0.05, 0) is 24.3 Å². The molecule has 202 valence electrons. The molecule has 0 bridgehead atoms. The third kappa shape index (κ3) is 6.91. The van der Waals surface area contributed by atoms with E-state index in [1.54, 1.807) is 0 Å². The number of carbonyl (C=O) groups excluding carboxylic acids is 1. The number of hydrogen-bond donors (Lipinski definition) is 4. The van der Waals surface area contributed by atoms with Crippen molar-refractivity contribution < 1.29 is 28.9 Å². The lowest BCUT2D eigenvalue weighted by Crippen LogP contribution is -2.49. The molecule has 2 aliphatic rings. The first-order chi connectivity index (χ1) is 18.2. The highest BCUT2D eigenvalue weighted by Gasteiger charge is 2.30. The molecule has 1 fully saturated rings. The minimum absolute atomic E-state index is 0.0459. The van der Waals surface area contributed by atoms with Gasteiger partial charge >= 0.3 is 0 Å². The summed E-state index contributed by atoms with van der Waals surface area (Å²) in [6.45, 7) is 1.66. The lowest BCUT2D eigenvalue weighted by atomic mass is 10.2. The number of ether oxygens (including phenoxy) is 2. The van der Waals surface area contributed by atoms with Gasteiger partial charge < -0.3 is 25.0 Å². The molecule has 0 saturated carbocycles. The zero-order valence-corrected chi connectivity index (χ0v) is 22.7. The second kappa shape index (κ2) is 12.7. The molecule has 2 heterocycles. The summed E-state index contributed by atoms with van der Waals surface area (Å²) >= 11 is 15.3. The number of aliphatic imine (C=N–C) groups is 2. The first-order valence-electron chi connectivity index (χ1n) is 11.2. The Balaban J connectivity index is 1.35. The number of phenolic OH excluding ortho intramolecular Hbond substituents is 2. The lowest BCUT2D eigenvalue weighted by Gasteiger charge is -2.33. The number of halogens is 4. The van der Waals surface area contributed by atoms with Crippen LogP contribution >= 0.6 is 39.1 Å². The van der Waals surface area contributed by atoms with Gasteiger partial charge in [0.25, 0.3) is 5.91 Å². The zero-order chi connectivity index (χ0) is 27.2. The second-order valence-electron chi connectivity index (χ2n) is 8.04. The van der Waals surface area contributed by atoms with E-state index in [-0.39, 0.29) is 44.5 Å². The number of guanidine groups is 1. The van der Waals surface area contributed by atoms with Crippen molar-refractivity contribution in [3.05, 3.63) is 44.3 Å². The molecule has 2 aliphatic heterocycles. The number of rotatable bonds is 7. The number of alkyl halides is 1. The minimum Gasteiger partial charge on any atom is -0.506 e. The van der Waals surface area contributed by atoms with Gasteiger partial charge in [-0.2, -0.15) is 5.10 Å². The Kier molecular flexibility index (Phi) is 9.39. The number of morpholine rings is 1. The zero-order valence-electron chi connectivity index (χ0n) is 19.6. The predicted molar refractivity (Wildman–Crippen MR) is 146 cm³/mol. The van der Waals surface area contributed by atoms with E-state index in [1.165, 1.54) is 30.5 Å². The van der Waals surface area contributed by atoms with Crippen LogP contribution in [0.2, 0.25) is 10.0 Å². The number of hydrogen-bond acceptors (Lipinski definition) is 10. The van der Waals surface area contributed by atoms with E-state index < -0.39 is 24.9 Å². The molecule has 2 aromatic rings. The molecule has 1 amide bonds. The van der Waals surface area contributed by atoms with E-state index >= 15 is 0 Å². The van der Waals surface area contributed by atoms with Crippen LogP contribution in [0.25, 0.3) is 0 Å². The van der Waals surface area contributed by atoms with Gasteiger partial charge in [0.05, 0.1) is 30.1 Å². The van der Waals surface area contributed by atoms with Crippen molar-refractivity contribution in [2.24, 2.45) is 15.1 Å². The van der Waals surface area contributed by atoms with Gasteiger partial charge in [0.2, 0.25) is 5.96 Å². The molecular formula is C23H22BrCl2FN6O5. The maximum absolute atomic E-state index is 14.3. The summed E-state index contributed by atoms with van der Waals surface area (Å²) < 4.78 is 25.6. The molecule has 0 aromatic heterocycles. The van der Waals surface area contributed by atoms with Gasteiger partial charge in [0.1, 0.15) is 22.7 Å². The fourth-order valence-electron chi connectivity index (χ4n) is 3.56. The number of phenols is 2. The van der Waals surface area contributed by atoms with Crippen LogP contribution in [0.5, 0.6) is 17.2 Å². The van der Waals surface area contributed by atoms with Crippen LogP contribution in [0.15, 0.2) is 43.8 Å². The number of hydrazone groups is 1.